The van der Waals surface area contributed by atoms with Crippen molar-refractivity contribution in [1.82, 2.24) is 0 Å². The van der Waals surface area contributed by atoms with Gasteiger partial charge in [-0.25, -0.2) is 0 Å². The van der Waals surface area contributed by atoms with Crippen LogP contribution in [-0.2, 0) is 6.42 Å². The molecule has 0 atom stereocenters. The third kappa shape index (κ3) is 3.19. The predicted molar refractivity (Wildman–Crippen MR) is 96.7 cm³/mol. The standard InChI is InChI=1S/C22H22O/c1-4-17-6-5-7-20(13-17)22(23)21-11-10-19(14-21)18-9-8-15(2)16(3)12-18/h5-10,12-14H,4,11H2,1-3H3. The van der Waals surface area contributed by atoms with Crippen molar-refractivity contribution >= 4 is 11.4 Å². The number of allylic oxidation sites excluding steroid dienone is 4. The van der Waals surface area contributed by atoms with Crippen molar-refractivity contribution in [1.29, 1.82) is 0 Å². The number of hydrogen-bond donors (Lipinski definition) is 0. The highest BCUT2D eigenvalue weighted by Gasteiger charge is 2.17. The molecular weight excluding hydrogens is 280 g/mol. The number of carbonyl (C=O) groups is 1. The van der Waals surface area contributed by atoms with Crippen molar-refractivity contribution in [2.24, 2.45) is 0 Å². The number of benzene rings is 2. The first-order valence-electron chi connectivity index (χ1n) is 8.20. The van der Waals surface area contributed by atoms with E-state index < -0.39 is 0 Å². The molecule has 0 saturated carbocycles. The maximum Gasteiger partial charge on any atom is 0.189 e. The number of aryl methyl sites for hydroxylation is 3. The lowest BCUT2D eigenvalue weighted by Crippen LogP contribution is -2.02. The summed E-state index contributed by atoms with van der Waals surface area (Å²) in [4.78, 5) is 12.7. The van der Waals surface area contributed by atoms with Gasteiger partial charge in [0.2, 0.25) is 0 Å². The Bertz CT molecular complexity index is 822. The van der Waals surface area contributed by atoms with Gasteiger partial charge in [-0.15, -0.1) is 0 Å². The van der Waals surface area contributed by atoms with Crippen LogP contribution < -0.4 is 0 Å². The lowest BCUT2D eigenvalue weighted by Gasteiger charge is -2.05. The van der Waals surface area contributed by atoms with E-state index >= 15 is 0 Å². The smallest absolute Gasteiger partial charge is 0.189 e. The van der Waals surface area contributed by atoms with Gasteiger partial charge < -0.3 is 0 Å². The molecule has 0 N–H and O–H groups in total. The second kappa shape index (κ2) is 6.37. The van der Waals surface area contributed by atoms with E-state index in [1.807, 2.05) is 24.3 Å². The summed E-state index contributed by atoms with van der Waals surface area (Å²) in [6.07, 6.45) is 5.87. The molecule has 1 aliphatic carbocycles. The molecule has 0 spiro atoms. The van der Waals surface area contributed by atoms with Gasteiger partial charge in [0, 0.05) is 11.1 Å². The molecule has 2 aromatic rings. The quantitative estimate of drug-likeness (QED) is 0.685. The van der Waals surface area contributed by atoms with Crippen LogP contribution in [0.15, 0.2) is 60.2 Å². The first-order chi connectivity index (χ1) is 11.1. The summed E-state index contributed by atoms with van der Waals surface area (Å²) >= 11 is 0. The average molecular weight is 302 g/mol. The van der Waals surface area contributed by atoms with Gasteiger partial charge in [-0.05, 0) is 66.7 Å². The number of carbonyl (C=O) groups excluding carboxylic acids is 1. The molecule has 1 nitrogen and oxygen atoms in total. The van der Waals surface area contributed by atoms with Crippen molar-refractivity contribution in [3.8, 4) is 0 Å². The van der Waals surface area contributed by atoms with Crippen LogP contribution >= 0.6 is 0 Å². The minimum Gasteiger partial charge on any atom is -0.289 e. The van der Waals surface area contributed by atoms with E-state index in [9.17, 15) is 4.79 Å². The molecule has 23 heavy (non-hydrogen) atoms. The van der Waals surface area contributed by atoms with E-state index in [0.29, 0.717) is 0 Å². The monoisotopic (exact) mass is 302 g/mol. The maximum absolute atomic E-state index is 12.7. The third-order valence-corrected chi connectivity index (χ3v) is 4.60. The Labute approximate surface area is 138 Å². The van der Waals surface area contributed by atoms with E-state index in [1.54, 1.807) is 0 Å². The van der Waals surface area contributed by atoms with Gasteiger partial charge in [-0.2, -0.15) is 0 Å². The maximum atomic E-state index is 12.7. The fourth-order valence-electron chi connectivity index (χ4n) is 2.92. The zero-order valence-electron chi connectivity index (χ0n) is 14.0. The molecular formula is C22H22O. The van der Waals surface area contributed by atoms with Crippen molar-refractivity contribution in [2.75, 3.05) is 0 Å². The summed E-state index contributed by atoms with van der Waals surface area (Å²) in [6.45, 7) is 6.35. The van der Waals surface area contributed by atoms with Crippen LogP contribution in [0.1, 0.15) is 46.0 Å². The fraction of sp³-hybridized carbons (Fsp3) is 0.227. The molecule has 0 amide bonds. The topological polar surface area (TPSA) is 17.1 Å². The zero-order valence-corrected chi connectivity index (χ0v) is 14.0. The molecule has 0 heterocycles. The number of ketones is 1. The molecule has 0 aliphatic heterocycles. The zero-order chi connectivity index (χ0) is 16.4. The fourth-order valence-corrected chi connectivity index (χ4v) is 2.92. The highest BCUT2D eigenvalue weighted by molar-refractivity contribution is 6.11. The summed E-state index contributed by atoms with van der Waals surface area (Å²) in [5, 5.41) is 0. The first-order valence-corrected chi connectivity index (χ1v) is 8.20. The molecule has 0 radical (unpaired) electrons. The Balaban J connectivity index is 1.85. The minimum atomic E-state index is 0.149. The van der Waals surface area contributed by atoms with Gasteiger partial charge in [0.1, 0.15) is 0 Å². The highest BCUT2D eigenvalue weighted by Crippen LogP contribution is 2.29. The summed E-state index contributed by atoms with van der Waals surface area (Å²) in [5.74, 6) is 0.149. The second-order valence-corrected chi connectivity index (χ2v) is 6.22. The summed E-state index contributed by atoms with van der Waals surface area (Å²) in [7, 11) is 0. The molecule has 0 bridgehead atoms. The molecule has 0 unspecified atom stereocenters. The van der Waals surface area contributed by atoms with Crippen LogP contribution in [-0.4, -0.2) is 5.78 Å². The molecule has 1 heteroatoms. The molecule has 1 aliphatic rings. The minimum absolute atomic E-state index is 0.149. The van der Waals surface area contributed by atoms with Crippen molar-refractivity contribution < 1.29 is 4.79 Å². The van der Waals surface area contributed by atoms with Crippen LogP contribution in [0.3, 0.4) is 0 Å². The van der Waals surface area contributed by atoms with Crippen molar-refractivity contribution in [3.05, 3.63) is 88.0 Å². The number of hydrogen-bond acceptors (Lipinski definition) is 1. The van der Waals surface area contributed by atoms with Crippen LogP contribution in [0.25, 0.3) is 5.57 Å². The van der Waals surface area contributed by atoms with Gasteiger partial charge in [-0.1, -0.05) is 49.4 Å². The average Bonchev–Trinajstić information content (AvgIpc) is 3.06. The summed E-state index contributed by atoms with van der Waals surface area (Å²) in [5.41, 5.74) is 7.81. The van der Waals surface area contributed by atoms with Crippen LogP contribution in [0, 0.1) is 13.8 Å². The van der Waals surface area contributed by atoms with Gasteiger partial charge >= 0.3 is 0 Å². The lowest BCUT2D eigenvalue weighted by atomic mass is 9.99. The van der Waals surface area contributed by atoms with E-state index in [0.717, 1.165) is 29.6 Å². The Morgan fingerprint density at radius 1 is 1.04 bits per heavy atom. The summed E-state index contributed by atoms with van der Waals surface area (Å²) in [6, 6.07) is 14.4. The van der Waals surface area contributed by atoms with Gasteiger partial charge in [-0.3, -0.25) is 4.79 Å². The van der Waals surface area contributed by atoms with Gasteiger partial charge in [0.15, 0.2) is 5.78 Å². The Kier molecular flexibility index (Phi) is 4.29. The van der Waals surface area contributed by atoms with E-state index in [4.69, 9.17) is 0 Å². The van der Waals surface area contributed by atoms with Crippen LogP contribution in [0.4, 0.5) is 0 Å². The molecule has 0 fully saturated rings. The molecule has 3 rings (SSSR count). The van der Waals surface area contributed by atoms with Crippen LogP contribution in [0.5, 0.6) is 0 Å². The number of Topliss-reactive ketones (excluding diaryl/α,β-unsaturated/α-hetero) is 1. The van der Waals surface area contributed by atoms with Gasteiger partial charge in [0.25, 0.3) is 0 Å². The predicted octanol–water partition coefficient (Wildman–Crippen LogP) is 5.46. The molecule has 116 valence electrons. The third-order valence-electron chi connectivity index (χ3n) is 4.60. The molecule has 0 saturated heterocycles. The molecule has 0 aromatic heterocycles. The second-order valence-electron chi connectivity index (χ2n) is 6.22. The van der Waals surface area contributed by atoms with Crippen LogP contribution in [0.2, 0.25) is 0 Å². The Morgan fingerprint density at radius 3 is 2.61 bits per heavy atom. The van der Waals surface area contributed by atoms with E-state index in [1.165, 1.54) is 22.3 Å². The highest BCUT2D eigenvalue weighted by atomic mass is 16.1. The number of rotatable bonds is 4. The molecule has 2 aromatic carbocycles. The Hall–Kier alpha value is -2.41. The van der Waals surface area contributed by atoms with E-state index in [2.05, 4.69) is 51.1 Å². The first kappa shape index (κ1) is 15.5. The van der Waals surface area contributed by atoms with E-state index in [-0.39, 0.29) is 5.78 Å². The lowest BCUT2D eigenvalue weighted by molar-refractivity contribution is 0.103. The normalized spacial score (nSPS) is 13.7. The van der Waals surface area contributed by atoms with Gasteiger partial charge in [0.05, 0.1) is 0 Å². The largest absolute Gasteiger partial charge is 0.289 e. The van der Waals surface area contributed by atoms with Crippen molar-refractivity contribution in [2.45, 2.75) is 33.6 Å². The summed E-state index contributed by atoms with van der Waals surface area (Å²) < 4.78 is 0. The SMILES string of the molecule is CCc1cccc(C(=O)C2=CC(c3ccc(C)c(C)c3)=CC2)c1. The Morgan fingerprint density at radius 2 is 1.87 bits per heavy atom. The van der Waals surface area contributed by atoms with Crippen molar-refractivity contribution in [3.63, 3.8) is 0 Å².